The van der Waals surface area contributed by atoms with E-state index >= 15 is 0 Å². The van der Waals surface area contributed by atoms with Crippen LogP contribution in [0.15, 0.2) is 95.2 Å². The highest BCUT2D eigenvalue weighted by Gasteiger charge is 2.29. The number of esters is 1. The molecule has 2 aromatic heterocycles. The number of aromatic nitrogens is 1. The number of para-hydroxylation sites is 1. The predicted molar refractivity (Wildman–Crippen MR) is 150 cm³/mol. The number of rotatable bonds is 6. The molecule has 2 heterocycles. The zero-order valence-electron chi connectivity index (χ0n) is 20.6. The van der Waals surface area contributed by atoms with E-state index in [0.717, 1.165) is 5.56 Å². The van der Waals surface area contributed by atoms with Crippen molar-refractivity contribution in [3.63, 3.8) is 0 Å². The van der Waals surface area contributed by atoms with Gasteiger partial charge < -0.3 is 4.74 Å². The minimum Gasteiger partial charge on any atom is -0.466 e. The molecular formula is C30H22N2O4S2. The van der Waals surface area contributed by atoms with E-state index in [4.69, 9.17) is 4.74 Å². The van der Waals surface area contributed by atoms with Crippen LogP contribution in [0.5, 0.6) is 0 Å². The molecule has 5 aromatic rings. The molecule has 0 amide bonds. The minimum absolute atomic E-state index is 0.157. The lowest BCUT2D eigenvalue weighted by atomic mass is 9.98. The Balaban J connectivity index is 1.89. The first-order chi connectivity index (χ1) is 18.3. The number of fused-ring (bicyclic) bond motifs is 1. The van der Waals surface area contributed by atoms with Gasteiger partial charge in [0.25, 0.3) is 10.0 Å². The summed E-state index contributed by atoms with van der Waals surface area (Å²) in [6.45, 7) is 1.90. The molecule has 8 heteroatoms. The van der Waals surface area contributed by atoms with Gasteiger partial charge in [0.1, 0.15) is 10.9 Å². The number of ether oxygens (including phenoxy) is 1. The summed E-state index contributed by atoms with van der Waals surface area (Å²) < 4.78 is 34.6. The molecular weight excluding hydrogens is 516 g/mol. The van der Waals surface area contributed by atoms with Gasteiger partial charge in [-0.1, -0.05) is 54.1 Å². The van der Waals surface area contributed by atoms with Gasteiger partial charge in [0.15, 0.2) is 0 Å². The van der Waals surface area contributed by atoms with E-state index in [1.54, 1.807) is 48.5 Å². The van der Waals surface area contributed by atoms with Crippen LogP contribution < -0.4 is 0 Å². The fourth-order valence-corrected chi connectivity index (χ4v) is 6.66. The highest BCUT2D eigenvalue weighted by molar-refractivity contribution is 7.90. The third kappa shape index (κ3) is 4.43. The summed E-state index contributed by atoms with van der Waals surface area (Å²) in [5.41, 5.74) is 4.52. The average Bonchev–Trinajstić information content (AvgIpc) is 3.54. The molecule has 0 aliphatic carbocycles. The van der Waals surface area contributed by atoms with Gasteiger partial charge in [-0.25, -0.2) is 17.2 Å². The second-order valence-electron chi connectivity index (χ2n) is 8.58. The lowest BCUT2D eigenvalue weighted by Gasteiger charge is -2.14. The molecule has 0 fully saturated rings. The van der Waals surface area contributed by atoms with Gasteiger partial charge >= 0.3 is 5.97 Å². The normalized spacial score (nSPS) is 11.6. The van der Waals surface area contributed by atoms with Crippen LogP contribution in [0.1, 0.15) is 16.0 Å². The van der Waals surface area contributed by atoms with E-state index in [-0.39, 0.29) is 4.90 Å². The molecule has 6 nitrogen and oxygen atoms in total. The fraction of sp³-hybridized carbons (Fsp3) is 0.0667. The van der Waals surface area contributed by atoms with Gasteiger partial charge in [-0.3, -0.25) is 0 Å². The topological polar surface area (TPSA) is 89.2 Å². The van der Waals surface area contributed by atoms with E-state index in [2.05, 4.69) is 6.07 Å². The summed E-state index contributed by atoms with van der Waals surface area (Å²) in [6, 6.07) is 25.4. The molecule has 0 N–H and O–H groups in total. The summed E-state index contributed by atoms with van der Waals surface area (Å²) in [6.07, 6.45) is 2.92. The second-order valence-corrected chi connectivity index (χ2v) is 11.3. The van der Waals surface area contributed by atoms with Crippen LogP contribution in [0.4, 0.5) is 0 Å². The van der Waals surface area contributed by atoms with E-state index in [0.29, 0.717) is 43.7 Å². The zero-order valence-corrected chi connectivity index (χ0v) is 22.2. The Labute approximate surface area is 224 Å². The number of nitriles is 1. The number of hydrogen-bond donors (Lipinski definition) is 0. The SMILES string of the molecule is COC(=O)/C=C/c1cccc(-c2c(-c3ccsc3C#N)c3ccccc3n2S(=O)(=O)c2ccc(C)cc2)c1. The van der Waals surface area contributed by atoms with Gasteiger partial charge in [-0.05, 0) is 54.3 Å². The van der Waals surface area contributed by atoms with Crippen molar-refractivity contribution < 1.29 is 17.9 Å². The van der Waals surface area contributed by atoms with Crippen molar-refractivity contribution >= 4 is 44.3 Å². The highest BCUT2D eigenvalue weighted by Crippen LogP contribution is 2.45. The molecule has 3 aromatic carbocycles. The molecule has 0 saturated heterocycles. The van der Waals surface area contributed by atoms with Gasteiger partial charge in [-0.2, -0.15) is 5.26 Å². The van der Waals surface area contributed by atoms with Crippen molar-refractivity contribution in [3.05, 3.63) is 106 Å². The molecule has 0 bridgehead atoms. The predicted octanol–water partition coefficient (Wildman–Crippen LogP) is 6.64. The van der Waals surface area contributed by atoms with Crippen LogP contribution in [0.25, 0.3) is 39.4 Å². The summed E-state index contributed by atoms with van der Waals surface area (Å²) in [5, 5.41) is 12.4. The maximum Gasteiger partial charge on any atom is 0.330 e. The number of nitrogens with zero attached hydrogens (tertiary/aromatic N) is 2. The van der Waals surface area contributed by atoms with Gasteiger partial charge in [0.2, 0.25) is 0 Å². The smallest absolute Gasteiger partial charge is 0.330 e. The monoisotopic (exact) mass is 538 g/mol. The molecule has 188 valence electrons. The van der Waals surface area contributed by atoms with Crippen molar-refractivity contribution in [1.82, 2.24) is 3.97 Å². The average molecular weight is 539 g/mol. The summed E-state index contributed by atoms with van der Waals surface area (Å²) >= 11 is 1.31. The molecule has 0 unspecified atom stereocenters. The number of carbonyl (C=O) groups is 1. The van der Waals surface area contributed by atoms with Gasteiger partial charge in [0, 0.05) is 28.2 Å². The standard InChI is InChI=1S/C30H22N2O4S2/c1-20-10-13-23(14-11-20)38(34,35)32-26-9-4-3-8-24(26)29(25-16-17-37-27(25)19-31)30(32)22-7-5-6-21(18-22)12-15-28(33)36-2/h3-18H,1-2H3/b15-12+. The van der Waals surface area contributed by atoms with Gasteiger partial charge in [-0.15, -0.1) is 11.3 Å². The Morgan fingerprint density at radius 1 is 1.03 bits per heavy atom. The Morgan fingerprint density at radius 2 is 1.79 bits per heavy atom. The molecule has 0 spiro atoms. The Hall–Kier alpha value is -4.45. The largest absolute Gasteiger partial charge is 0.466 e. The van der Waals surface area contributed by atoms with Crippen LogP contribution in [0.3, 0.4) is 0 Å². The molecule has 38 heavy (non-hydrogen) atoms. The van der Waals surface area contributed by atoms with E-state index < -0.39 is 16.0 Å². The maximum absolute atomic E-state index is 14.3. The number of benzene rings is 3. The molecule has 5 rings (SSSR count). The Morgan fingerprint density at radius 3 is 2.53 bits per heavy atom. The Kier molecular flexibility index (Phi) is 6.72. The van der Waals surface area contributed by atoms with Crippen LogP contribution in [0.2, 0.25) is 0 Å². The van der Waals surface area contributed by atoms with E-state index in [1.165, 1.54) is 28.5 Å². The summed E-state index contributed by atoms with van der Waals surface area (Å²) in [4.78, 5) is 12.3. The van der Waals surface area contributed by atoms with Crippen LogP contribution in [-0.4, -0.2) is 25.5 Å². The van der Waals surface area contributed by atoms with Crippen LogP contribution in [-0.2, 0) is 19.6 Å². The highest BCUT2D eigenvalue weighted by atomic mass is 32.2. The summed E-state index contributed by atoms with van der Waals surface area (Å²) in [7, 11) is -2.75. The van der Waals surface area contributed by atoms with Crippen molar-refractivity contribution in [1.29, 1.82) is 5.26 Å². The molecule has 0 atom stereocenters. The lowest BCUT2D eigenvalue weighted by molar-refractivity contribution is -0.134. The first kappa shape index (κ1) is 25.2. The first-order valence-corrected chi connectivity index (χ1v) is 14.0. The van der Waals surface area contributed by atoms with Crippen LogP contribution in [0, 0.1) is 18.3 Å². The summed E-state index contributed by atoms with van der Waals surface area (Å²) in [5.74, 6) is -0.496. The zero-order chi connectivity index (χ0) is 26.9. The van der Waals surface area contributed by atoms with Crippen molar-refractivity contribution in [2.75, 3.05) is 7.11 Å². The first-order valence-electron chi connectivity index (χ1n) is 11.6. The van der Waals surface area contributed by atoms with Crippen molar-refractivity contribution in [3.8, 4) is 28.5 Å². The number of thiophene rings is 1. The lowest BCUT2D eigenvalue weighted by Crippen LogP contribution is -2.14. The fourth-order valence-electron chi connectivity index (χ4n) is 4.43. The number of aryl methyl sites for hydroxylation is 1. The van der Waals surface area contributed by atoms with E-state index in [9.17, 15) is 18.5 Å². The number of carbonyl (C=O) groups excluding carboxylic acids is 1. The molecule has 0 aliphatic rings. The number of hydrogen-bond acceptors (Lipinski definition) is 6. The maximum atomic E-state index is 14.3. The third-order valence-corrected chi connectivity index (χ3v) is 8.75. The Bertz CT molecular complexity index is 1850. The van der Waals surface area contributed by atoms with E-state index in [1.807, 2.05) is 48.7 Å². The molecule has 0 radical (unpaired) electrons. The molecule has 0 saturated carbocycles. The van der Waals surface area contributed by atoms with Crippen LogP contribution >= 0.6 is 11.3 Å². The van der Waals surface area contributed by atoms with Gasteiger partial charge in [0.05, 0.1) is 23.2 Å². The minimum atomic E-state index is -4.05. The van der Waals surface area contributed by atoms with Crippen molar-refractivity contribution in [2.45, 2.75) is 11.8 Å². The molecule has 0 aliphatic heterocycles. The quantitative estimate of drug-likeness (QED) is 0.179. The number of methoxy groups -OCH3 is 1. The third-order valence-electron chi connectivity index (χ3n) is 6.20. The second kappa shape index (κ2) is 10.1. The van der Waals surface area contributed by atoms with Crippen molar-refractivity contribution in [2.24, 2.45) is 0 Å².